The largest absolute Gasteiger partial charge is 0.494 e. The van der Waals surface area contributed by atoms with Crippen molar-refractivity contribution in [1.29, 1.82) is 0 Å². The summed E-state index contributed by atoms with van der Waals surface area (Å²) in [7, 11) is 0. The van der Waals surface area contributed by atoms with Crippen LogP contribution in [-0.2, 0) is 0 Å². The molecule has 130 valence electrons. The molecule has 1 heterocycles. The highest BCUT2D eigenvalue weighted by Crippen LogP contribution is 2.29. The molecule has 0 aliphatic rings. The number of ether oxygens (including phenoxy) is 1. The zero-order valence-electron chi connectivity index (χ0n) is 14.7. The third-order valence-electron chi connectivity index (χ3n) is 3.80. The summed E-state index contributed by atoms with van der Waals surface area (Å²) < 4.78 is 7.69. The predicted molar refractivity (Wildman–Crippen MR) is 104 cm³/mol. The van der Waals surface area contributed by atoms with E-state index in [-0.39, 0.29) is 0 Å². The van der Waals surface area contributed by atoms with Gasteiger partial charge in [0.15, 0.2) is 11.0 Å². The molecule has 25 heavy (non-hydrogen) atoms. The van der Waals surface area contributed by atoms with Crippen LogP contribution in [0.25, 0.3) is 17.1 Å². The fourth-order valence-corrected chi connectivity index (χ4v) is 3.57. The van der Waals surface area contributed by atoms with Crippen molar-refractivity contribution in [3.05, 3.63) is 54.6 Å². The van der Waals surface area contributed by atoms with Crippen LogP contribution in [0.3, 0.4) is 0 Å². The van der Waals surface area contributed by atoms with Gasteiger partial charge in [-0.2, -0.15) is 0 Å². The van der Waals surface area contributed by atoms with Gasteiger partial charge in [0.2, 0.25) is 0 Å². The van der Waals surface area contributed by atoms with Crippen LogP contribution in [0.4, 0.5) is 0 Å². The van der Waals surface area contributed by atoms with Gasteiger partial charge in [-0.05, 0) is 37.6 Å². The summed E-state index contributed by atoms with van der Waals surface area (Å²) in [6, 6.07) is 18.3. The Hall–Kier alpha value is -2.27. The number of benzene rings is 2. The first-order valence-corrected chi connectivity index (χ1v) is 9.69. The normalized spacial score (nSPS) is 10.8. The highest BCUT2D eigenvalue weighted by molar-refractivity contribution is 7.99. The van der Waals surface area contributed by atoms with Crippen LogP contribution in [0.2, 0.25) is 0 Å². The molecule has 0 atom stereocenters. The maximum Gasteiger partial charge on any atom is 0.196 e. The number of hydrogen-bond donors (Lipinski definition) is 0. The molecule has 2 aromatic carbocycles. The van der Waals surface area contributed by atoms with Crippen LogP contribution in [0.1, 0.15) is 26.7 Å². The first-order valence-electron chi connectivity index (χ1n) is 8.70. The number of aromatic nitrogens is 3. The van der Waals surface area contributed by atoms with E-state index in [1.165, 1.54) is 12.8 Å². The molecular weight excluding hydrogens is 330 g/mol. The molecule has 3 aromatic rings. The van der Waals surface area contributed by atoms with E-state index in [1.54, 1.807) is 11.8 Å². The van der Waals surface area contributed by atoms with Gasteiger partial charge in [0.1, 0.15) is 5.75 Å². The van der Waals surface area contributed by atoms with E-state index in [9.17, 15) is 0 Å². The van der Waals surface area contributed by atoms with E-state index in [2.05, 4.69) is 46.0 Å². The Kier molecular flexibility index (Phi) is 6.12. The lowest BCUT2D eigenvalue weighted by Crippen LogP contribution is -2.00. The molecule has 0 fully saturated rings. The summed E-state index contributed by atoms with van der Waals surface area (Å²) in [4.78, 5) is 0. The highest BCUT2D eigenvalue weighted by atomic mass is 32.2. The topological polar surface area (TPSA) is 39.9 Å². The highest BCUT2D eigenvalue weighted by Gasteiger charge is 2.15. The monoisotopic (exact) mass is 353 g/mol. The predicted octanol–water partition coefficient (Wildman–Crippen LogP) is 5.23. The molecule has 0 saturated heterocycles. The Labute approximate surface area is 153 Å². The Morgan fingerprint density at radius 2 is 1.72 bits per heavy atom. The fourth-order valence-electron chi connectivity index (χ4n) is 2.54. The van der Waals surface area contributed by atoms with Crippen LogP contribution in [0.5, 0.6) is 5.75 Å². The van der Waals surface area contributed by atoms with Crippen molar-refractivity contribution >= 4 is 11.8 Å². The number of thioether (sulfide) groups is 1. The average Bonchev–Trinajstić information content (AvgIpc) is 3.07. The van der Waals surface area contributed by atoms with Crippen LogP contribution in [0.15, 0.2) is 59.8 Å². The molecule has 4 nitrogen and oxygen atoms in total. The van der Waals surface area contributed by atoms with Gasteiger partial charge in [0.05, 0.1) is 6.61 Å². The number of nitrogens with zero attached hydrogens (tertiary/aromatic N) is 3. The molecule has 3 rings (SSSR count). The van der Waals surface area contributed by atoms with Gasteiger partial charge < -0.3 is 4.74 Å². The third kappa shape index (κ3) is 4.23. The quantitative estimate of drug-likeness (QED) is 0.411. The van der Waals surface area contributed by atoms with Gasteiger partial charge in [-0.3, -0.25) is 4.57 Å². The molecule has 0 spiro atoms. The van der Waals surface area contributed by atoms with Crippen molar-refractivity contribution in [1.82, 2.24) is 14.8 Å². The van der Waals surface area contributed by atoms with Gasteiger partial charge >= 0.3 is 0 Å². The molecule has 0 unspecified atom stereocenters. The van der Waals surface area contributed by atoms with Gasteiger partial charge in [-0.1, -0.05) is 55.4 Å². The summed E-state index contributed by atoms with van der Waals surface area (Å²) >= 11 is 1.75. The summed E-state index contributed by atoms with van der Waals surface area (Å²) in [6.45, 7) is 4.86. The lowest BCUT2D eigenvalue weighted by molar-refractivity contribution is 0.340. The van der Waals surface area contributed by atoms with E-state index in [1.807, 2.05) is 37.3 Å². The van der Waals surface area contributed by atoms with Crippen LogP contribution in [-0.4, -0.2) is 27.1 Å². The first-order chi connectivity index (χ1) is 12.3. The van der Waals surface area contributed by atoms with Crippen molar-refractivity contribution in [2.45, 2.75) is 31.8 Å². The van der Waals surface area contributed by atoms with Crippen molar-refractivity contribution in [3.63, 3.8) is 0 Å². The first kappa shape index (κ1) is 17.5. The van der Waals surface area contributed by atoms with Crippen LogP contribution >= 0.6 is 11.8 Å². The Morgan fingerprint density at radius 1 is 0.960 bits per heavy atom. The maximum absolute atomic E-state index is 5.56. The SMILES string of the molecule is CCCCSc1nnc(-c2ccccc2)n1-c1ccc(OCC)cc1. The van der Waals surface area contributed by atoms with Gasteiger partial charge in [-0.25, -0.2) is 0 Å². The molecule has 0 aliphatic heterocycles. The minimum absolute atomic E-state index is 0.666. The van der Waals surface area contributed by atoms with Crippen molar-refractivity contribution in [3.8, 4) is 22.8 Å². The molecule has 0 amide bonds. The van der Waals surface area contributed by atoms with Crippen LogP contribution < -0.4 is 4.74 Å². The fraction of sp³-hybridized carbons (Fsp3) is 0.300. The molecular formula is C20H23N3OS. The van der Waals surface area contributed by atoms with E-state index in [0.717, 1.165) is 33.7 Å². The second-order valence-corrected chi connectivity index (χ2v) is 6.70. The molecule has 5 heteroatoms. The van der Waals surface area contributed by atoms with Gasteiger partial charge in [-0.15, -0.1) is 10.2 Å². The second kappa shape index (κ2) is 8.72. The number of rotatable bonds is 8. The van der Waals surface area contributed by atoms with E-state index in [0.29, 0.717) is 6.61 Å². The summed E-state index contributed by atoms with van der Waals surface area (Å²) in [5.74, 6) is 2.78. The van der Waals surface area contributed by atoms with Crippen LogP contribution in [0, 0.1) is 0 Å². The Balaban J connectivity index is 1.99. The van der Waals surface area contributed by atoms with E-state index in [4.69, 9.17) is 4.74 Å². The molecule has 0 aliphatic carbocycles. The standard InChI is InChI=1S/C20H23N3OS/c1-3-5-15-25-20-22-21-19(16-9-7-6-8-10-16)23(20)17-11-13-18(14-12-17)24-4-2/h6-14H,3-5,15H2,1-2H3. The molecule has 1 aromatic heterocycles. The lowest BCUT2D eigenvalue weighted by Gasteiger charge is -2.11. The molecule has 0 saturated carbocycles. The zero-order valence-corrected chi connectivity index (χ0v) is 15.5. The minimum atomic E-state index is 0.666. The Morgan fingerprint density at radius 3 is 2.40 bits per heavy atom. The van der Waals surface area contributed by atoms with Crippen molar-refractivity contribution in [2.24, 2.45) is 0 Å². The van der Waals surface area contributed by atoms with Gasteiger partial charge in [0.25, 0.3) is 0 Å². The van der Waals surface area contributed by atoms with E-state index < -0.39 is 0 Å². The molecule has 0 bridgehead atoms. The minimum Gasteiger partial charge on any atom is -0.494 e. The van der Waals surface area contributed by atoms with Crippen molar-refractivity contribution < 1.29 is 4.74 Å². The molecule has 0 N–H and O–H groups in total. The number of unbranched alkanes of at least 4 members (excludes halogenated alkanes) is 1. The smallest absolute Gasteiger partial charge is 0.196 e. The Bertz CT molecular complexity index is 784. The second-order valence-electron chi connectivity index (χ2n) is 5.64. The lowest BCUT2D eigenvalue weighted by atomic mass is 10.2. The zero-order chi connectivity index (χ0) is 17.5. The molecule has 0 radical (unpaired) electrons. The maximum atomic E-state index is 5.56. The third-order valence-corrected chi connectivity index (χ3v) is 4.82. The summed E-state index contributed by atoms with van der Waals surface area (Å²) in [6.07, 6.45) is 2.34. The van der Waals surface area contributed by atoms with Crippen molar-refractivity contribution in [2.75, 3.05) is 12.4 Å². The van der Waals surface area contributed by atoms with E-state index >= 15 is 0 Å². The summed E-state index contributed by atoms with van der Waals surface area (Å²) in [5.41, 5.74) is 2.11. The van der Waals surface area contributed by atoms with Gasteiger partial charge in [0, 0.05) is 17.0 Å². The average molecular weight is 353 g/mol. The number of hydrogen-bond acceptors (Lipinski definition) is 4. The summed E-state index contributed by atoms with van der Waals surface area (Å²) in [5, 5.41) is 9.83.